The molecule has 0 aliphatic carbocycles. The minimum absolute atomic E-state index is 0.0941. The Morgan fingerprint density at radius 2 is 1.80 bits per heavy atom. The number of nitrogens with one attached hydrogen (secondary N) is 1. The number of thiocarbonyl (C=S) groups is 1. The standard InChI is InChI=1S/C10H5Br2N3O4S/c11-10(12)7(16)13-9(20)14(8(10)17)5-1-3-6(4-2-5)15(18)19/h1-4H,(H,13,16,20). The quantitative estimate of drug-likeness (QED) is 0.258. The van der Waals surface area contributed by atoms with Gasteiger partial charge in [0.2, 0.25) is 3.23 Å². The molecule has 0 aromatic heterocycles. The van der Waals surface area contributed by atoms with Crippen LogP contribution in [0.25, 0.3) is 0 Å². The molecule has 2 amide bonds. The van der Waals surface area contributed by atoms with Gasteiger partial charge in [-0.05, 0) is 24.4 Å². The fourth-order valence-corrected chi connectivity index (χ4v) is 2.35. The highest BCUT2D eigenvalue weighted by atomic mass is 79.9. The zero-order valence-electron chi connectivity index (χ0n) is 9.50. The number of anilines is 1. The van der Waals surface area contributed by atoms with Crippen molar-refractivity contribution in [1.29, 1.82) is 0 Å². The van der Waals surface area contributed by atoms with Crippen LogP contribution in [-0.4, -0.2) is 25.1 Å². The maximum Gasteiger partial charge on any atom is 0.270 e. The van der Waals surface area contributed by atoms with Crippen molar-refractivity contribution in [2.45, 2.75) is 3.23 Å². The van der Waals surface area contributed by atoms with Gasteiger partial charge in [0.05, 0.1) is 10.6 Å². The van der Waals surface area contributed by atoms with Crippen LogP contribution < -0.4 is 10.2 Å². The lowest BCUT2D eigenvalue weighted by molar-refractivity contribution is -0.384. The highest BCUT2D eigenvalue weighted by Gasteiger charge is 2.49. The second-order valence-electron chi connectivity index (χ2n) is 3.75. The fraction of sp³-hybridized carbons (Fsp3) is 0.100. The molecule has 0 bridgehead atoms. The van der Waals surface area contributed by atoms with Crippen LogP contribution in [0.3, 0.4) is 0 Å². The monoisotopic (exact) mass is 421 g/mol. The number of alkyl halides is 2. The Kier molecular flexibility index (Phi) is 3.89. The van der Waals surface area contributed by atoms with Gasteiger partial charge in [0.25, 0.3) is 17.5 Å². The van der Waals surface area contributed by atoms with Gasteiger partial charge in [0.15, 0.2) is 5.11 Å². The van der Waals surface area contributed by atoms with Crippen LogP contribution in [-0.2, 0) is 9.59 Å². The topological polar surface area (TPSA) is 92.6 Å². The van der Waals surface area contributed by atoms with E-state index in [1.54, 1.807) is 0 Å². The van der Waals surface area contributed by atoms with Crippen LogP contribution in [0.2, 0.25) is 0 Å². The van der Waals surface area contributed by atoms with Gasteiger partial charge in [0.1, 0.15) is 0 Å². The number of hydrogen-bond acceptors (Lipinski definition) is 5. The molecule has 0 radical (unpaired) electrons. The Hall–Kier alpha value is -1.39. The zero-order valence-corrected chi connectivity index (χ0v) is 13.5. The summed E-state index contributed by atoms with van der Waals surface area (Å²) in [5.41, 5.74) is 0.200. The van der Waals surface area contributed by atoms with E-state index in [-0.39, 0.29) is 10.8 Å². The van der Waals surface area contributed by atoms with E-state index >= 15 is 0 Å². The molecular formula is C10H5Br2N3O4S. The molecular weight excluding hydrogens is 418 g/mol. The van der Waals surface area contributed by atoms with E-state index in [1.165, 1.54) is 24.3 Å². The first kappa shape index (κ1) is 15.0. The van der Waals surface area contributed by atoms with Crippen molar-refractivity contribution in [3.8, 4) is 0 Å². The van der Waals surface area contributed by atoms with E-state index in [0.29, 0.717) is 5.69 Å². The van der Waals surface area contributed by atoms with Crippen molar-refractivity contribution in [2.75, 3.05) is 4.90 Å². The van der Waals surface area contributed by atoms with E-state index in [0.717, 1.165) is 4.90 Å². The molecule has 0 saturated carbocycles. The molecule has 1 aliphatic heterocycles. The largest absolute Gasteiger partial charge is 0.300 e. The Bertz CT molecular complexity index is 632. The first-order valence-electron chi connectivity index (χ1n) is 5.07. The van der Waals surface area contributed by atoms with Crippen molar-refractivity contribution < 1.29 is 14.5 Å². The summed E-state index contributed by atoms with van der Waals surface area (Å²) in [6.07, 6.45) is 0. The summed E-state index contributed by atoms with van der Waals surface area (Å²) in [5, 5.41) is 12.9. The molecule has 0 spiro atoms. The lowest BCUT2D eigenvalue weighted by Gasteiger charge is -2.34. The number of hydrogen-bond donors (Lipinski definition) is 1. The van der Waals surface area contributed by atoms with Gasteiger partial charge in [-0.3, -0.25) is 29.9 Å². The number of rotatable bonds is 2. The van der Waals surface area contributed by atoms with Crippen molar-refractivity contribution in [3.05, 3.63) is 34.4 Å². The molecule has 0 unspecified atom stereocenters. The lowest BCUT2D eigenvalue weighted by Crippen LogP contribution is -2.63. The number of nitro benzene ring substituents is 1. The Morgan fingerprint density at radius 1 is 1.25 bits per heavy atom. The number of nitrogens with zero attached hydrogens (tertiary/aromatic N) is 2. The molecule has 1 saturated heterocycles. The van der Waals surface area contributed by atoms with E-state index in [2.05, 4.69) is 37.2 Å². The number of benzene rings is 1. The van der Waals surface area contributed by atoms with Crippen molar-refractivity contribution in [1.82, 2.24) is 5.32 Å². The van der Waals surface area contributed by atoms with E-state index < -0.39 is 20.0 Å². The maximum atomic E-state index is 12.2. The van der Waals surface area contributed by atoms with E-state index in [4.69, 9.17) is 12.2 Å². The van der Waals surface area contributed by atoms with Gasteiger partial charge in [0, 0.05) is 12.1 Å². The number of carbonyl (C=O) groups is 2. The summed E-state index contributed by atoms with van der Waals surface area (Å²) in [6, 6.07) is 5.23. The number of carbonyl (C=O) groups excluding carboxylic acids is 2. The van der Waals surface area contributed by atoms with Crippen LogP contribution in [0.1, 0.15) is 0 Å². The predicted molar refractivity (Wildman–Crippen MR) is 81.9 cm³/mol. The minimum atomic E-state index is -1.62. The molecule has 0 atom stereocenters. The average molecular weight is 423 g/mol. The zero-order chi connectivity index (χ0) is 15.1. The molecule has 7 nitrogen and oxygen atoms in total. The average Bonchev–Trinajstić information content (AvgIpc) is 2.37. The SMILES string of the molecule is O=C1NC(=S)N(c2ccc([N+](=O)[O-])cc2)C(=O)C1(Br)Br. The summed E-state index contributed by atoms with van der Waals surface area (Å²) in [7, 11) is 0. The van der Waals surface area contributed by atoms with Crippen molar-refractivity contribution in [2.24, 2.45) is 0 Å². The summed E-state index contributed by atoms with van der Waals surface area (Å²) in [6.45, 7) is 0. The van der Waals surface area contributed by atoms with Crippen molar-refractivity contribution >= 4 is 72.4 Å². The number of nitro groups is 1. The number of non-ortho nitro benzene ring substituents is 1. The smallest absolute Gasteiger partial charge is 0.270 e. The highest BCUT2D eigenvalue weighted by molar-refractivity contribution is 9.26. The third kappa shape index (κ3) is 2.45. The van der Waals surface area contributed by atoms with E-state index in [1.807, 2.05) is 0 Å². The Balaban J connectivity index is 2.40. The minimum Gasteiger partial charge on any atom is -0.300 e. The van der Waals surface area contributed by atoms with Crippen LogP contribution in [0.4, 0.5) is 11.4 Å². The molecule has 1 aliphatic rings. The summed E-state index contributed by atoms with van der Waals surface area (Å²) >= 11 is 10.9. The lowest BCUT2D eigenvalue weighted by atomic mass is 10.2. The number of amides is 2. The molecule has 1 heterocycles. The molecule has 1 fully saturated rings. The highest BCUT2D eigenvalue weighted by Crippen LogP contribution is 2.34. The Labute approximate surface area is 134 Å². The molecule has 2 rings (SSSR count). The van der Waals surface area contributed by atoms with Crippen LogP contribution in [0, 0.1) is 10.1 Å². The second-order valence-corrected chi connectivity index (χ2v) is 7.58. The molecule has 104 valence electrons. The molecule has 20 heavy (non-hydrogen) atoms. The normalized spacial score (nSPS) is 17.9. The summed E-state index contributed by atoms with van der Waals surface area (Å²) in [5.74, 6) is -1.27. The first-order chi connectivity index (χ1) is 9.25. The van der Waals surface area contributed by atoms with Gasteiger partial charge in [-0.2, -0.15) is 0 Å². The Morgan fingerprint density at radius 3 is 2.30 bits per heavy atom. The number of halogens is 2. The third-order valence-electron chi connectivity index (χ3n) is 2.50. The predicted octanol–water partition coefficient (Wildman–Crippen LogP) is 1.83. The summed E-state index contributed by atoms with van der Waals surface area (Å²) < 4.78 is -1.62. The van der Waals surface area contributed by atoms with Crippen molar-refractivity contribution in [3.63, 3.8) is 0 Å². The molecule has 1 aromatic carbocycles. The van der Waals surface area contributed by atoms with Crippen LogP contribution >= 0.6 is 44.1 Å². The van der Waals surface area contributed by atoms with Gasteiger partial charge in [-0.1, -0.05) is 31.9 Å². The molecule has 1 N–H and O–H groups in total. The van der Waals surface area contributed by atoms with Gasteiger partial charge < -0.3 is 0 Å². The third-order valence-corrected chi connectivity index (χ3v) is 4.18. The van der Waals surface area contributed by atoms with Crippen LogP contribution in [0.15, 0.2) is 24.3 Å². The van der Waals surface area contributed by atoms with Crippen LogP contribution in [0.5, 0.6) is 0 Å². The van der Waals surface area contributed by atoms with Gasteiger partial charge in [-0.15, -0.1) is 0 Å². The first-order valence-corrected chi connectivity index (χ1v) is 7.07. The second kappa shape index (κ2) is 5.19. The fourth-order valence-electron chi connectivity index (χ4n) is 1.52. The summed E-state index contributed by atoms with van der Waals surface area (Å²) in [4.78, 5) is 35.0. The maximum absolute atomic E-state index is 12.2. The molecule has 10 heteroatoms. The van der Waals surface area contributed by atoms with E-state index in [9.17, 15) is 19.7 Å². The van der Waals surface area contributed by atoms with Gasteiger partial charge >= 0.3 is 0 Å². The molecule has 1 aromatic rings. The van der Waals surface area contributed by atoms with Gasteiger partial charge in [-0.25, -0.2) is 0 Å².